The summed E-state index contributed by atoms with van der Waals surface area (Å²) in [7, 11) is -0.397. The van der Waals surface area contributed by atoms with Gasteiger partial charge in [0.15, 0.2) is 0 Å². The van der Waals surface area contributed by atoms with Crippen LogP contribution < -0.4 is 14.4 Å². The number of hydrogen-bond donors (Lipinski definition) is 1. The Labute approximate surface area is 301 Å². The Bertz CT molecular complexity index is 1800. The number of nitrogens with one attached hydrogen (secondary N) is 1. The monoisotopic (exact) mass is 723 g/mol. The number of ether oxygens (including phenoxy) is 2. The number of nitrogens with zero attached hydrogens (tertiary/aromatic N) is 2. The lowest BCUT2D eigenvalue weighted by Crippen LogP contribution is -2.54. The molecule has 6 atom stereocenters. The third kappa shape index (κ3) is 6.56. The Kier molecular flexibility index (Phi) is 9.52. The van der Waals surface area contributed by atoms with E-state index in [2.05, 4.69) is 21.8 Å². The van der Waals surface area contributed by atoms with Gasteiger partial charge in [-0.2, -0.15) is 0 Å². The van der Waals surface area contributed by atoms with Gasteiger partial charge in [-0.15, -0.1) is 0 Å². The maximum absolute atomic E-state index is 13.8. The summed E-state index contributed by atoms with van der Waals surface area (Å²) in [5.74, 6) is 0.0701. The van der Waals surface area contributed by atoms with Crippen LogP contribution in [0.15, 0.2) is 48.6 Å². The SMILES string of the molecule is CO[C@@]1(CC(=O)N(C)C2CC2)/C=C/C[C@H](C)[C@@H](C)S(=O)(=O)NC(=O)c2ccc3c(c2)N(C[C@@H]2CC[C@H]21)C[C@@]1(CCCc2cc(Cl)ccc21)CO3. The molecule has 2 aromatic rings. The van der Waals surface area contributed by atoms with Gasteiger partial charge in [-0.3, -0.25) is 9.59 Å². The summed E-state index contributed by atoms with van der Waals surface area (Å²) in [6.07, 6.45) is 11.6. The molecule has 0 unspecified atom stereocenters. The van der Waals surface area contributed by atoms with Crippen LogP contribution >= 0.6 is 11.6 Å². The number of halogens is 1. The van der Waals surface area contributed by atoms with Crippen molar-refractivity contribution < 1.29 is 27.5 Å². The summed E-state index contributed by atoms with van der Waals surface area (Å²) in [5.41, 5.74) is 2.38. The zero-order valence-corrected chi connectivity index (χ0v) is 31.2. The lowest BCUT2D eigenvalue weighted by atomic mass is 9.62. The predicted octanol–water partition coefficient (Wildman–Crippen LogP) is 6.28. The van der Waals surface area contributed by atoms with Crippen molar-refractivity contribution >= 4 is 39.1 Å². The molecular formula is C39H50ClN3O6S. The second kappa shape index (κ2) is 13.5. The predicted molar refractivity (Wildman–Crippen MR) is 195 cm³/mol. The fourth-order valence-electron chi connectivity index (χ4n) is 8.86. The average Bonchev–Trinajstić information content (AvgIpc) is 3.93. The number of benzene rings is 2. The number of allylic oxidation sites excluding steroid dienone is 1. The number of amides is 2. The van der Waals surface area contributed by atoms with Crippen molar-refractivity contribution in [3.63, 3.8) is 0 Å². The number of rotatable bonds is 4. The van der Waals surface area contributed by atoms with E-state index in [1.165, 1.54) is 11.1 Å². The van der Waals surface area contributed by atoms with Gasteiger partial charge in [0, 0.05) is 49.3 Å². The average molecular weight is 724 g/mol. The number of anilines is 1. The lowest BCUT2D eigenvalue weighted by molar-refractivity contribution is -0.142. The van der Waals surface area contributed by atoms with Gasteiger partial charge in [-0.05, 0) is 118 Å². The Morgan fingerprint density at radius 1 is 1.14 bits per heavy atom. The highest BCUT2D eigenvalue weighted by molar-refractivity contribution is 7.90. The largest absolute Gasteiger partial charge is 0.490 e. The molecule has 2 aromatic carbocycles. The highest BCUT2D eigenvalue weighted by Gasteiger charge is 2.50. The van der Waals surface area contributed by atoms with Crippen LogP contribution in [0, 0.1) is 17.8 Å². The van der Waals surface area contributed by atoms with Crippen LogP contribution in [0.5, 0.6) is 5.75 Å². The fraction of sp³-hybridized carbons (Fsp3) is 0.590. The molecule has 1 N–H and O–H groups in total. The van der Waals surface area contributed by atoms with Crippen LogP contribution in [0.2, 0.25) is 5.02 Å². The first-order chi connectivity index (χ1) is 23.8. The normalized spacial score (nSPS) is 32.7. The smallest absolute Gasteiger partial charge is 0.264 e. The number of fused-ring (bicyclic) bond motifs is 4. The quantitative estimate of drug-likeness (QED) is 0.371. The highest BCUT2D eigenvalue weighted by Crippen LogP contribution is 2.50. The second-order valence-corrected chi connectivity index (χ2v) is 18.1. The first-order valence-electron chi connectivity index (χ1n) is 18.2. The van der Waals surface area contributed by atoms with Crippen molar-refractivity contribution in [2.45, 2.75) is 93.9 Å². The number of carbonyl (C=O) groups excluding carboxylic acids is 2. The molecule has 2 saturated carbocycles. The number of aryl methyl sites for hydroxylation is 1. The number of sulfonamides is 1. The molecule has 270 valence electrons. The Hall–Kier alpha value is -3.08. The highest BCUT2D eigenvalue weighted by atomic mass is 35.5. The summed E-state index contributed by atoms with van der Waals surface area (Å²) in [5, 5.41) is -0.110. The molecule has 7 rings (SSSR count). The molecule has 2 amide bonds. The van der Waals surface area contributed by atoms with Crippen molar-refractivity contribution in [3.05, 3.63) is 70.3 Å². The van der Waals surface area contributed by atoms with Gasteiger partial charge in [-0.25, -0.2) is 13.1 Å². The van der Waals surface area contributed by atoms with Gasteiger partial charge in [0.25, 0.3) is 5.91 Å². The van der Waals surface area contributed by atoms with E-state index in [1.807, 2.05) is 37.1 Å². The summed E-state index contributed by atoms with van der Waals surface area (Å²) in [6.45, 7) is 5.32. The first-order valence-corrected chi connectivity index (χ1v) is 20.1. The molecule has 5 aliphatic rings. The Morgan fingerprint density at radius 2 is 1.94 bits per heavy atom. The van der Waals surface area contributed by atoms with Crippen molar-refractivity contribution in [2.24, 2.45) is 17.8 Å². The van der Waals surface area contributed by atoms with Gasteiger partial charge in [0.2, 0.25) is 15.9 Å². The summed E-state index contributed by atoms with van der Waals surface area (Å²) in [4.78, 5) is 31.6. The summed E-state index contributed by atoms with van der Waals surface area (Å²) < 4.78 is 42.5. The van der Waals surface area contributed by atoms with Gasteiger partial charge in [-0.1, -0.05) is 36.7 Å². The van der Waals surface area contributed by atoms with E-state index in [0.717, 1.165) is 55.7 Å². The second-order valence-electron chi connectivity index (χ2n) is 15.6. The van der Waals surface area contributed by atoms with Crippen LogP contribution in [-0.4, -0.2) is 75.9 Å². The van der Waals surface area contributed by atoms with E-state index in [0.29, 0.717) is 31.9 Å². The number of methoxy groups -OCH3 is 1. The molecule has 9 nitrogen and oxygen atoms in total. The molecule has 2 heterocycles. The molecule has 3 aliphatic carbocycles. The van der Waals surface area contributed by atoms with Crippen LogP contribution in [-0.2, 0) is 31.4 Å². The molecular weight excluding hydrogens is 674 g/mol. The van der Waals surface area contributed by atoms with Gasteiger partial charge >= 0.3 is 0 Å². The molecule has 50 heavy (non-hydrogen) atoms. The molecule has 2 bridgehead atoms. The third-order valence-corrected chi connectivity index (χ3v) is 14.7. The lowest BCUT2D eigenvalue weighted by Gasteiger charge is -2.50. The first kappa shape index (κ1) is 35.3. The van der Waals surface area contributed by atoms with Crippen molar-refractivity contribution in [3.8, 4) is 5.75 Å². The van der Waals surface area contributed by atoms with E-state index < -0.39 is 26.8 Å². The number of hydrogen-bond acceptors (Lipinski definition) is 7. The summed E-state index contributed by atoms with van der Waals surface area (Å²) >= 11 is 6.47. The van der Waals surface area contributed by atoms with Gasteiger partial charge in [0.1, 0.15) is 5.75 Å². The minimum atomic E-state index is -3.99. The zero-order valence-electron chi connectivity index (χ0n) is 29.6. The van der Waals surface area contributed by atoms with Crippen LogP contribution in [0.1, 0.15) is 86.7 Å². The molecule has 0 radical (unpaired) electrons. The van der Waals surface area contributed by atoms with E-state index in [9.17, 15) is 18.0 Å². The van der Waals surface area contributed by atoms with Crippen LogP contribution in [0.3, 0.4) is 0 Å². The summed E-state index contributed by atoms with van der Waals surface area (Å²) in [6, 6.07) is 11.7. The maximum Gasteiger partial charge on any atom is 0.264 e. The molecule has 0 aromatic heterocycles. The molecule has 0 saturated heterocycles. The van der Waals surface area contributed by atoms with Crippen molar-refractivity contribution in [1.29, 1.82) is 0 Å². The van der Waals surface area contributed by atoms with Gasteiger partial charge in [0.05, 0.1) is 29.6 Å². The van der Waals surface area contributed by atoms with Crippen molar-refractivity contribution in [1.82, 2.24) is 9.62 Å². The van der Waals surface area contributed by atoms with Crippen LogP contribution in [0.4, 0.5) is 5.69 Å². The van der Waals surface area contributed by atoms with E-state index in [1.54, 1.807) is 32.2 Å². The van der Waals surface area contributed by atoms with E-state index >= 15 is 0 Å². The van der Waals surface area contributed by atoms with E-state index in [-0.39, 0.29) is 47.1 Å². The van der Waals surface area contributed by atoms with Crippen molar-refractivity contribution in [2.75, 3.05) is 38.8 Å². The topological polar surface area (TPSA) is 105 Å². The minimum Gasteiger partial charge on any atom is -0.490 e. The maximum atomic E-state index is 13.8. The Morgan fingerprint density at radius 3 is 2.66 bits per heavy atom. The third-order valence-electron chi connectivity index (χ3n) is 12.5. The Balaban J connectivity index is 1.32. The zero-order chi connectivity index (χ0) is 35.4. The molecule has 2 aliphatic heterocycles. The minimum absolute atomic E-state index is 0.0668. The standard InChI is InChI=1S/C39H50ClN3O6S/c1-25-7-5-18-39(48-4,21-36(44)42(3)31-12-13-31)33-14-9-29(33)22-43-23-38(17-6-8-27-19-30(40)11-15-32(27)38)24-49-35-16-10-28(20-34(35)43)37(45)41-50(46,47)26(25)2/h5,10-11,15-16,18-20,25-26,29,31,33H,6-9,12-14,17,21-24H2,1-4H3,(H,41,45)/b18-5+/t25-,26+,29-,33+,38-,39+/m0/s1. The fourth-order valence-corrected chi connectivity index (χ4v) is 10.3. The molecule has 11 heteroatoms. The van der Waals surface area contributed by atoms with Gasteiger partial charge < -0.3 is 19.3 Å². The number of carbonyl (C=O) groups is 2. The molecule has 1 spiro atoms. The molecule has 2 fully saturated rings. The van der Waals surface area contributed by atoms with E-state index in [4.69, 9.17) is 21.1 Å². The van der Waals surface area contributed by atoms with Crippen LogP contribution in [0.25, 0.3) is 0 Å².